The Labute approximate surface area is 189 Å². The summed E-state index contributed by atoms with van der Waals surface area (Å²) >= 11 is 0. The average molecular weight is 458 g/mol. The number of nitrogens with one attached hydrogen (secondary N) is 1. The van der Waals surface area contributed by atoms with E-state index in [0.29, 0.717) is 50.8 Å². The van der Waals surface area contributed by atoms with Crippen LogP contribution in [-0.4, -0.2) is 36.3 Å². The number of hydrogen-bond acceptors (Lipinski definition) is 6. The number of pyridine rings is 1. The van der Waals surface area contributed by atoms with Crippen LogP contribution in [0.2, 0.25) is 0 Å². The van der Waals surface area contributed by atoms with Crippen molar-refractivity contribution in [1.29, 1.82) is 0 Å². The fourth-order valence-electron chi connectivity index (χ4n) is 2.90. The Kier molecular flexibility index (Phi) is 10.9. The molecular formula is C21H29Cl2N3O4. The molecule has 30 heavy (non-hydrogen) atoms. The van der Waals surface area contributed by atoms with Crippen LogP contribution in [-0.2, 0) is 16.1 Å². The first-order chi connectivity index (χ1) is 13.6. The molecule has 0 saturated carbocycles. The van der Waals surface area contributed by atoms with Gasteiger partial charge in [0.2, 0.25) is 11.8 Å². The first-order valence-electron chi connectivity index (χ1n) is 9.60. The second-order valence-electron chi connectivity index (χ2n) is 6.84. The Hall–Kier alpha value is -2.06. The molecule has 1 aliphatic heterocycles. The Morgan fingerprint density at radius 2 is 1.83 bits per heavy atom. The van der Waals surface area contributed by atoms with Gasteiger partial charge in [0.15, 0.2) is 0 Å². The van der Waals surface area contributed by atoms with E-state index in [1.54, 1.807) is 6.20 Å². The molecule has 1 amide bonds. The molecule has 3 N–H and O–H groups in total. The Morgan fingerprint density at radius 1 is 1.17 bits per heavy atom. The Morgan fingerprint density at radius 3 is 2.50 bits per heavy atom. The van der Waals surface area contributed by atoms with E-state index in [2.05, 4.69) is 17.2 Å². The third kappa shape index (κ3) is 7.02. The smallest absolute Gasteiger partial charge is 0.240 e. The summed E-state index contributed by atoms with van der Waals surface area (Å²) in [4.78, 5) is 16.8. The largest absolute Gasteiger partial charge is 0.494 e. The number of hydrogen-bond donors (Lipinski definition) is 2. The van der Waals surface area contributed by atoms with Crippen molar-refractivity contribution in [3.05, 3.63) is 48.2 Å². The van der Waals surface area contributed by atoms with Gasteiger partial charge in [-0.25, -0.2) is 4.98 Å². The highest BCUT2D eigenvalue weighted by Crippen LogP contribution is 2.25. The van der Waals surface area contributed by atoms with Crippen molar-refractivity contribution in [3.8, 4) is 17.4 Å². The number of nitrogens with zero attached hydrogens (tertiary/aromatic N) is 1. The van der Waals surface area contributed by atoms with E-state index < -0.39 is 5.54 Å². The molecule has 1 fully saturated rings. The quantitative estimate of drug-likeness (QED) is 0.627. The van der Waals surface area contributed by atoms with Gasteiger partial charge >= 0.3 is 0 Å². The summed E-state index contributed by atoms with van der Waals surface area (Å²) < 4.78 is 16.8. The number of aromatic nitrogens is 1. The van der Waals surface area contributed by atoms with Gasteiger partial charge in [-0.05, 0) is 49.6 Å². The predicted molar refractivity (Wildman–Crippen MR) is 120 cm³/mol. The minimum absolute atomic E-state index is 0. The number of benzene rings is 1. The molecule has 3 rings (SSSR count). The number of ether oxygens (including phenoxy) is 3. The topological polar surface area (TPSA) is 95.7 Å². The van der Waals surface area contributed by atoms with Gasteiger partial charge < -0.3 is 25.3 Å². The van der Waals surface area contributed by atoms with Crippen molar-refractivity contribution >= 4 is 30.7 Å². The van der Waals surface area contributed by atoms with Crippen molar-refractivity contribution in [1.82, 2.24) is 10.3 Å². The molecule has 0 bridgehead atoms. The van der Waals surface area contributed by atoms with Crippen molar-refractivity contribution < 1.29 is 19.0 Å². The second-order valence-corrected chi connectivity index (χ2v) is 6.84. The molecule has 1 saturated heterocycles. The van der Waals surface area contributed by atoms with Crippen LogP contribution in [0, 0.1) is 0 Å². The van der Waals surface area contributed by atoms with Gasteiger partial charge in [0.05, 0.1) is 12.1 Å². The zero-order valence-electron chi connectivity index (χ0n) is 17.0. The van der Waals surface area contributed by atoms with E-state index in [0.717, 1.165) is 17.7 Å². The van der Waals surface area contributed by atoms with Crippen LogP contribution in [0.1, 0.15) is 31.7 Å². The maximum Gasteiger partial charge on any atom is 0.240 e. The lowest BCUT2D eigenvalue weighted by molar-refractivity contribution is -0.129. The molecule has 9 heteroatoms. The van der Waals surface area contributed by atoms with Crippen LogP contribution in [0.5, 0.6) is 17.4 Å². The number of nitrogens with two attached hydrogens (primary N) is 1. The first-order valence-corrected chi connectivity index (χ1v) is 9.60. The fraction of sp³-hybridized carbons (Fsp3) is 0.429. The highest BCUT2D eigenvalue weighted by Gasteiger charge is 2.35. The molecule has 0 radical (unpaired) electrons. The van der Waals surface area contributed by atoms with Crippen LogP contribution in [0.4, 0.5) is 0 Å². The summed E-state index contributed by atoms with van der Waals surface area (Å²) in [6.07, 6.45) is 3.64. The van der Waals surface area contributed by atoms with Crippen molar-refractivity contribution in [2.75, 3.05) is 19.8 Å². The normalized spacial score (nSPS) is 14.6. The molecule has 2 heterocycles. The summed E-state index contributed by atoms with van der Waals surface area (Å²) in [6, 6.07) is 11.1. The number of carbonyl (C=O) groups excluding carboxylic acids is 1. The molecule has 2 aromatic rings. The number of rotatable bonds is 8. The fourth-order valence-corrected chi connectivity index (χ4v) is 2.90. The summed E-state index contributed by atoms with van der Waals surface area (Å²) in [7, 11) is 0. The van der Waals surface area contributed by atoms with Crippen LogP contribution in [0.25, 0.3) is 0 Å². The van der Waals surface area contributed by atoms with E-state index >= 15 is 0 Å². The lowest BCUT2D eigenvalue weighted by Gasteiger charge is -2.31. The van der Waals surface area contributed by atoms with E-state index in [4.69, 9.17) is 19.9 Å². The summed E-state index contributed by atoms with van der Waals surface area (Å²) in [6.45, 7) is 4.04. The maximum atomic E-state index is 12.5. The van der Waals surface area contributed by atoms with Crippen molar-refractivity contribution in [3.63, 3.8) is 0 Å². The molecule has 1 aromatic heterocycles. The highest BCUT2D eigenvalue weighted by molar-refractivity contribution is 5.86. The predicted octanol–water partition coefficient (Wildman–Crippen LogP) is 3.63. The van der Waals surface area contributed by atoms with E-state index in [1.165, 1.54) is 0 Å². The third-order valence-electron chi connectivity index (χ3n) is 4.64. The van der Waals surface area contributed by atoms with E-state index in [9.17, 15) is 4.79 Å². The molecule has 0 aliphatic carbocycles. The van der Waals surface area contributed by atoms with Gasteiger partial charge in [0.1, 0.15) is 11.5 Å². The first kappa shape index (κ1) is 26.0. The zero-order chi connectivity index (χ0) is 19.8. The minimum Gasteiger partial charge on any atom is -0.494 e. The highest BCUT2D eigenvalue weighted by atomic mass is 35.5. The lowest BCUT2D eigenvalue weighted by Crippen LogP contribution is -2.56. The van der Waals surface area contributed by atoms with E-state index in [-0.39, 0.29) is 30.7 Å². The second kappa shape index (κ2) is 12.6. The average Bonchev–Trinajstić information content (AvgIpc) is 2.73. The molecular weight excluding hydrogens is 429 g/mol. The lowest BCUT2D eigenvalue weighted by atomic mass is 9.90. The van der Waals surface area contributed by atoms with Gasteiger partial charge in [-0.2, -0.15) is 0 Å². The van der Waals surface area contributed by atoms with Gasteiger partial charge in [0, 0.05) is 31.5 Å². The SMILES string of the molecule is CCCOc1ccc(Oc2ncccc2CNC(=O)C2(N)CCOCC2)cc1.Cl.Cl. The van der Waals surface area contributed by atoms with Crippen molar-refractivity contribution in [2.45, 2.75) is 38.3 Å². The van der Waals surface area contributed by atoms with Gasteiger partial charge in [-0.3, -0.25) is 4.79 Å². The summed E-state index contributed by atoms with van der Waals surface area (Å²) in [5, 5.41) is 2.91. The summed E-state index contributed by atoms with van der Waals surface area (Å²) in [5.41, 5.74) is 6.12. The Bertz CT molecular complexity index is 784. The molecule has 0 atom stereocenters. The van der Waals surface area contributed by atoms with Crippen LogP contribution in [0.15, 0.2) is 42.6 Å². The van der Waals surface area contributed by atoms with Gasteiger partial charge in [0.25, 0.3) is 0 Å². The van der Waals surface area contributed by atoms with E-state index in [1.807, 2.05) is 36.4 Å². The monoisotopic (exact) mass is 457 g/mol. The van der Waals surface area contributed by atoms with Crippen LogP contribution >= 0.6 is 24.8 Å². The number of carbonyl (C=O) groups is 1. The van der Waals surface area contributed by atoms with Crippen LogP contribution < -0.4 is 20.5 Å². The van der Waals surface area contributed by atoms with Crippen molar-refractivity contribution in [2.24, 2.45) is 5.73 Å². The molecule has 166 valence electrons. The minimum atomic E-state index is -0.879. The molecule has 0 unspecified atom stereocenters. The van der Waals surface area contributed by atoms with Gasteiger partial charge in [-0.1, -0.05) is 13.0 Å². The maximum absolute atomic E-state index is 12.5. The van der Waals surface area contributed by atoms with Crippen LogP contribution in [0.3, 0.4) is 0 Å². The molecule has 0 spiro atoms. The molecule has 1 aromatic carbocycles. The zero-order valence-corrected chi connectivity index (χ0v) is 18.6. The van der Waals surface area contributed by atoms with Gasteiger partial charge in [-0.15, -0.1) is 24.8 Å². The standard InChI is InChI=1S/C21H27N3O4.2ClH/c1-2-12-27-17-5-7-18(8-6-17)28-19-16(4-3-11-23-19)15-24-20(25)21(22)9-13-26-14-10-21;;/h3-8,11H,2,9-10,12-15,22H2,1H3,(H,24,25);2*1H. The molecule has 7 nitrogen and oxygen atoms in total. The molecule has 1 aliphatic rings. The Balaban J connectivity index is 0.00000225. The summed E-state index contributed by atoms with van der Waals surface area (Å²) in [5.74, 6) is 1.72. The third-order valence-corrected chi connectivity index (χ3v) is 4.64. The number of halogens is 2. The number of amides is 1.